The molecule has 2 unspecified atom stereocenters. The fourth-order valence-corrected chi connectivity index (χ4v) is 3.99. The van der Waals surface area contributed by atoms with E-state index in [-0.39, 0.29) is 0 Å². The molecule has 2 amide bonds. The van der Waals surface area contributed by atoms with Gasteiger partial charge in [-0.2, -0.15) is 0 Å². The molecule has 0 saturated heterocycles. The second-order valence-corrected chi connectivity index (χ2v) is 7.71. The van der Waals surface area contributed by atoms with E-state index in [1.54, 1.807) is 0 Å². The van der Waals surface area contributed by atoms with Gasteiger partial charge in [0.05, 0.1) is 12.2 Å². The van der Waals surface area contributed by atoms with Crippen molar-refractivity contribution in [1.82, 2.24) is 10.3 Å². The highest BCUT2D eigenvalue weighted by atomic mass is 32.1. The van der Waals surface area contributed by atoms with Crippen LogP contribution in [0.2, 0.25) is 0 Å². The standard InChI is InChI=1S/C18H21N3O4S/c1-18(25,15(22)23)10-19-16(24)21-17-20-13-8-7-12(9-14(13)26-17)11-5-3-2-4-6-11/h2-6,12,25H,7-10H2,1H3,(H,22,23)(H2,19,20,21,24). The minimum atomic E-state index is -2.01. The molecule has 8 heteroatoms. The van der Waals surface area contributed by atoms with Crippen LogP contribution in [0.15, 0.2) is 30.3 Å². The Kier molecular flexibility index (Phi) is 5.24. The smallest absolute Gasteiger partial charge is 0.337 e. The molecule has 0 saturated carbocycles. The molecule has 1 aliphatic rings. The number of thiazole rings is 1. The molecule has 1 aromatic heterocycles. The van der Waals surface area contributed by atoms with Crippen LogP contribution in [-0.4, -0.2) is 39.3 Å². The third-order valence-corrected chi connectivity index (χ3v) is 5.52. The Labute approximate surface area is 155 Å². The average molecular weight is 375 g/mol. The molecule has 0 aliphatic heterocycles. The molecular formula is C18H21N3O4S. The normalized spacial score (nSPS) is 18.5. The average Bonchev–Trinajstić information content (AvgIpc) is 3.02. The van der Waals surface area contributed by atoms with E-state index in [1.165, 1.54) is 16.9 Å². The number of carbonyl (C=O) groups is 2. The topological polar surface area (TPSA) is 112 Å². The molecule has 0 fully saturated rings. The maximum absolute atomic E-state index is 11.9. The molecule has 3 rings (SSSR count). The predicted octanol–water partition coefficient (Wildman–Crippen LogP) is 2.37. The maximum atomic E-state index is 11.9. The van der Waals surface area contributed by atoms with Crippen LogP contribution in [0.1, 0.15) is 35.4 Å². The Morgan fingerprint density at radius 1 is 1.35 bits per heavy atom. The summed E-state index contributed by atoms with van der Waals surface area (Å²) in [4.78, 5) is 28.4. The molecule has 138 valence electrons. The van der Waals surface area contributed by atoms with Gasteiger partial charge in [0.2, 0.25) is 0 Å². The Balaban J connectivity index is 1.60. The van der Waals surface area contributed by atoms with E-state index in [0.717, 1.165) is 36.8 Å². The lowest BCUT2D eigenvalue weighted by molar-refractivity contribution is -0.155. The number of aryl methyl sites for hydroxylation is 1. The lowest BCUT2D eigenvalue weighted by Gasteiger charge is -2.21. The number of carboxylic acid groups (broad SMARTS) is 1. The Morgan fingerprint density at radius 3 is 2.77 bits per heavy atom. The summed E-state index contributed by atoms with van der Waals surface area (Å²) < 4.78 is 0. The zero-order valence-electron chi connectivity index (χ0n) is 14.4. The summed E-state index contributed by atoms with van der Waals surface area (Å²) in [6.45, 7) is 0.733. The molecule has 1 aliphatic carbocycles. The van der Waals surface area contributed by atoms with E-state index < -0.39 is 24.1 Å². The summed E-state index contributed by atoms with van der Waals surface area (Å²) in [5, 5.41) is 23.9. The first-order valence-electron chi connectivity index (χ1n) is 8.39. The zero-order chi connectivity index (χ0) is 18.7. The second-order valence-electron chi connectivity index (χ2n) is 6.63. The number of fused-ring (bicyclic) bond motifs is 1. The van der Waals surface area contributed by atoms with Crippen LogP contribution in [0.4, 0.5) is 9.93 Å². The first-order chi connectivity index (χ1) is 12.3. The summed E-state index contributed by atoms with van der Waals surface area (Å²) in [6.07, 6.45) is 2.78. The number of benzene rings is 1. The van der Waals surface area contributed by atoms with Gasteiger partial charge in [0.1, 0.15) is 0 Å². The number of anilines is 1. The number of aliphatic carboxylic acids is 1. The van der Waals surface area contributed by atoms with Crippen LogP contribution in [0.5, 0.6) is 0 Å². The molecular weight excluding hydrogens is 354 g/mol. The lowest BCUT2D eigenvalue weighted by atomic mass is 9.85. The van der Waals surface area contributed by atoms with Crippen molar-refractivity contribution in [2.24, 2.45) is 0 Å². The van der Waals surface area contributed by atoms with Crippen LogP contribution in [0.25, 0.3) is 0 Å². The first kappa shape index (κ1) is 18.3. The van der Waals surface area contributed by atoms with E-state index in [1.807, 2.05) is 18.2 Å². The molecule has 2 atom stereocenters. The summed E-state index contributed by atoms with van der Waals surface area (Å²) >= 11 is 1.44. The van der Waals surface area contributed by atoms with Crippen LogP contribution in [0, 0.1) is 0 Å². The van der Waals surface area contributed by atoms with E-state index in [4.69, 9.17) is 5.11 Å². The molecule has 2 aromatic rings. The van der Waals surface area contributed by atoms with Crippen molar-refractivity contribution in [2.75, 3.05) is 11.9 Å². The van der Waals surface area contributed by atoms with Gasteiger partial charge in [0.25, 0.3) is 0 Å². The van der Waals surface area contributed by atoms with Crippen molar-refractivity contribution in [1.29, 1.82) is 0 Å². The van der Waals surface area contributed by atoms with Gasteiger partial charge in [0.15, 0.2) is 10.7 Å². The van der Waals surface area contributed by atoms with Gasteiger partial charge in [-0.15, -0.1) is 11.3 Å². The maximum Gasteiger partial charge on any atom is 0.337 e. The molecule has 0 spiro atoms. The van der Waals surface area contributed by atoms with Crippen molar-refractivity contribution in [3.05, 3.63) is 46.5 Å². The number of urea groups is 1. The Morgan fingerprint density at radius 2 is 2.08 bits per heavy atom. The number of carbonyl (C=O) groups excluding carboxylic acids is 1. The van der Waals surface area contributed by atoms with Crippen molar-refractivity contribution in [2.45, 2.75) is 37.7 Å². The first-order valence-corrected chi connectivity index (χ1v) is 9.21. The van der Waals surface area contributed by atoms with E-state index in [9.17, 15) is 14.7 Å². The highest BCUT2D eigenvalue weighted by Gasteiger charge is 2.30. The number of rotatable bonds is 5. The number of amides is 2. The third-order valence-electron chi connectivity index (χ3n) is 4.48. The van der Waals surface area contributed by atoms with Gasteiger partial charge in [-0.1, -0.05) is 30.3 Å². The van der Waals surface area contributed by atoms with E-state index >= 15 is 0 Å². The minimum absolute atomic E-state index is 0.394. The number of aliphatic hydroxyl groups is 1. The van der Waals surface area contributed by atoms with E-state index in [0.29, 0.717) is 11.0 Å². The zero-order valence-corrected chi connectivity index (χ0v) is 15.2. The van der Waals surface area contributed by atoms with Gasteiger partial charge >= 0.3 is 12.0 Å². The van der Waals surface area contributed by atoms with Crippen molar-refractivity contribution < 1.29 is 19.8 Å². The molecule has 0 bridgehead atoms. The molecule has 1 aromatic carbocycles. The Hall–Kier alpha value is -2.45. The molecule has 1 heterocycles. The van der Waals surface area contributed by atoms with Gasteiger partial charge in [0, 0.05) is 4.88 Å². The van der Waals surface area contributed by atoms with Crippen LogP contribution >= 0.6 is 11.3 Å². The minimum Gasteiger partial charge on any atom is -0.479 e. The largest absolute Gasteiger partial charge is 0.479 e. The number of nitrogens with one attached hydrogen (secondary N) is 2. The van der Waals surface area contributed by atoms with Crippen LogP contribution < -0.4 is 10.6 Å². The van der Waals surface area contributed by atoms with E-state index in [2.05, 4.69) is 27.8 Å². The number of hydrogen-bond donors (Lipinski definition) is 4. The molecule has 4 N–H and O–H groups in total. The molecule has 0 radical (unpaired) electrons. The second kappa shape index (κ2) is 7.43. The van der Waals surface area contributed by atoms with Gasteiger partial charge in [-0.25, -0.2) is 14.6 Å². The highest BCUT2D eigenvalue weighted by Crippen LogP contribution is 2.36. The molecule has 26 heavy (non-hydrogen) atoms. The highest BCUT2D eigenvalue weighted by molar-refractivity contribution is 7.15. The number of carboxylic acids is 1. The van der Waals surface area contributed by atoms with Gasteiger partial charge in [-0.05, 0) is 37.7 Å². The fraction of sp³-hybridized carbons (Fsp3) is 0.389. The van der Waals surface area contributed by atoms with Crippen molar-refractivity contribution >= 4 is 28.5 Å². The summed E-state index contributed by atoms with van der Waals surface area (Å²) in [7, 11) is 0. The predicted molar refractivity (Wildman–Crippen MR) is 98.6 cm³/mol. The molecule has 7 nitrogen and oxygen atoms in total. The monoisotopic (exact) mass is 375 g/mol. The summed E-state index contributed by atoms with van der Waals surface area (Å²) in [6, 6.07) is 9.78. The third kappa shape index (κ3) is 4.20. The van der Waals surface area contributed by atoms with Crippen LogP contribution in [0.3, 0.4) is 0 Å². The van der Waals surface area contributed by atoms with Crippen molar-refractivity contribution in [3.8, 4) is 0 Å². The number of nitrogens with zero attached hydrogens (tertiary/aromatic N) is 1. The SMILES string of the molecule is CC(O)(CNC(=O)Nc1nc2c(s1)CC(c1ccccc1)CC2)C(=O)O. The fourth-order valence-electron chi connectivity index (χ4n) is 2.91. The lowest BCUT2D eigenvalue weighted by Crippen LogP contribution is -2.47. The van der Waals surface area contributed by atoms with Crippen LogP contribution in [-0.2, 0) is 17.6 Å². The quantitative estimate of drug-likeness (QED) is 0.641. The summed E-state index contributed by atoms with van der Waals surface area (Å²) in [5.74, 6) is -0.939. The van der Waals surface area contributed by atoms with Gasteiger partial charge in [-0.3, -0.25) is 5.32 Å². The Bertz CT molecular complexity index is 804. The number of hydrogen-bond acceptors (Lipinski definition) is 5. The summed E-state index contributed by atoms with van der Waals surface area (Å²) in [5.41, 5.74) is 0.312. The van der Waals surface area contributed by atoms with Gasteiger partial charge < -0.3 is 15.5 Å². The number of aromatic nitrogens is 1. The van der Waals surface area contributed by atoms with Crippen molar-refractivity contribution in [3.63, 3.8) is 0 Å².